The number of aliphatic imine (C=N–C) groups is 1. The highest BCUT2D eigenvalue weighted by Gasteiger charge is 2.19. The van der Waals surface area contributed by atoms with E-state index in [2.05, 4.69) is 33.0 Å². The lowest BCUT2D eigenvalue weighted by Crippen LogP contribution is -2.21. The van der Waals surface area contributed by atoms with Gasteiger partial charge in [0, 0.05) is 37.0 Å². The molecular formula is C20H22F4N4O. The molecule has 0 amide bonds. The van der Waals surface area contributed by atoms with Gasteiger partial charge in [0.15, 0.2) is 0 Å². The molecule has 1 aliphatic heterocycles. The number of allylic oxidation sites excluding steroid dienone is 3. The van der Waals surface area contributed by atoms with E-state index in [0.29, 0.717) is 29.1 Å². The van der Waals surface area contributed by atoms with Crippen molar-refractivity contribution in [1.82, 2.24) is 9.99 Å². The van der Waals surface area contributed by atoms with Gasteiger partial charge in [-0.3, -0.25) is 10.0 Å². The van der Waals surface area contributed by atoms with Crippen molar-refractivity contribution in [2.75, 3.05) is 6.54 Å². The highest BCUT2D eigenvalue weighted by molar-refractivity contribution is 6.21. The number of hydrazone groups is 1. The Morgan fingerprint density at radius 2 is 2.10 bits per heavy atom. The van der Waals surface area contributed by atoms with Crippen LogP contribution in [0, 0.1) is 0 Å². The minimum Gasteiger partial charge on any atom is -0.417 e. The van der Waals surface area contributed by atoms with Crippen molar-refractivity contribution in [3.05, 3.63) is 60.5 Å². The van der Waals surface area contributed by atoms with Gasteiger partial charge in [-0.05, 0) is 31.1 Å². The van der Waals surface area contributed by atoms with E-state index >= 15 is 0 Å². The minimum atomic E-state index is -2.93. The molecule has 0 radical (unpaired) electrons. The summed E-state index contributed by atoms with van der Waals surface area (Å²) in [7, 11) is 0. The topological polar surface area (TPSA) is 50.1 Å². The Morgan fingerprint density at radius 3 is 2.72 bits per heavy atom. The number of aromatic nitrogens is 1. The third-order valence-electron chi connectivity index (χ3n) is 3.81. The molecular weight excluding hydrogens is 388 g/mol. The Balaban J connectivity index is 1.95. The Bertz CT molecular complexity index is 811. The predicted molar refractivity (Wildman–Crippen MR) is 104 cm³/mol. The van der Waals surface area contributed by atoms with Crippen molar-refractivity contribution in [2.24, 2.45) is 10.1 Å². The fourth-order valence-electron chi connectivity index (χ4n) is 2.36. The number of ether oxygens (including phenoxy) is 1. The molecule has 0 bridgehead atoms. The summed E-state index contributed by atoms with van der Waals surface area (Å²) in [6, 6.07) is 2.95. The number of alkyl halides is 4. The molecule has 1 aromatic heterocycles. The normalized spacial score (nSPS) is 14.6. The average Bonchev–Trinajstić information content (AvgIpc) is 2.63. The number of hydrogen-bond acceptors (Lipinski definition) is 5. The van der Waals surface area contributed by atoms with Crippen LogP contribution < -0.4 is 4.74 Å². The van der Waals surface area contributed by atoms with Crippen molar-refractivity contribution < 1.29 is 22.3 Å². The highest BCUT2D eigenvalue weighted by atomic mass is 19.3. The van der Waals surface area contributed by atoms with Crippen LogP contribution >= 0.6 is 0 Å². The van der Waals surface area contributed by atoms with E-state index in [1.54, 1.807) is 23.2 Å². The molecule has 0 N–H and O–H groups in total. The van der Waals surface area contributed by atoms with E-state index in [9.17, 15) is 17.6 Å². The van der Waals surface area contributed by atoms with E-state index < -0.39 is 12.5 Å². The van der Waals surface area contributed by atoms with Crippen LogP contribution in [0.15, 0.2) is 65.0 Å². The van der Waals surface area contributed by atoms with E-state index in [4.69, 9.17) is 0 Å². The average molecular weight is 410 g/mol. The number of rotatable bonds is 10. The van der Waals surface area contributed by atoms with Crippen LogP contribution in [0.4, 0.5) is 17.6 Å². The molecule has 0 spiro atoms. The minimum absolute atomic E-state index is 0.171. The lowest BCUT2D eigenvalue weighted by atomic mass is 10.1. The molecule has 0 fully saturated rings. The van der Waals surface area contributed by atoms with Crippen LogP contribution in [0.2, 0.25) is 0 Å². The van der Waals surface area contributed by atoms with E-state index in [-0.39, 0.29) is 25.3 Å². The Kier molecular flexibility index (Phi) is 7.69. The van der Waals surface area contributed by atoms with Gasteiger partial charge in [0.25, 0.3) is 0 Å². The molecule has 5 nitrogen and oxygen atoms in total. The second-order valence-corrected chi connectivity index (χ2v) is 6.49. The molecule has 2 heterocycles. The van der Waals surface area contributed by atoms with Crippen LogP contribution in [0.1, 0.15) is 25.3 Å². The van der Waals surface area contributed by atoms with Crippen LogP contribution in [0.5, 0.6) is 5.88 Å². The molecule has 29 heavy (non-hydrogen) atoms. The summed E-state index contributed by atoms with van der Waals surface area (Å²) in [6.07, 6.45) is 6.45. The Labute approximate surface area is 166 Å². The van der Waals surface area contributed by atoms with Crippen LogP contribution in [-0.4, -0.2) is 41.0 Å². The zero-order valence-corrected chi connectivity index (χ0v) is 16.0. The zero-order valence-electron chi connectivity index (χ0n) is 16.0. The van der Waals surface area contributed by atoms with Crippen LogP contribution in [0.3, 0.4) is 0 Å². The summed E-state index contributed by atoms with van der Waals surface area (Å²) in [6.45, 7) is 6.33. The van der Waals surface area contributed by atoms with Crippen molar-refractivity contribution in [3.63, 3.8) is 0 Å². The van der Waals surface area contributed by atoms with Gasteiger partial charge < -0.3 is 4.74 Å². The van der Waals surface area contributed by atoms with Gasteiger partial charge in [0.05, 0.1) is 18.0 Å². The molecule has 156 valence electrons. The monoisotopic (exact) mass is 410 g/mol. The Hall–Kier alpha value is -2.97. The van der Waals surface area contributed by atoms with E-state index in [1.165, 1.54) is 18.5 Å². The predicted octanol–water partition coefficient (Wildman–Crippen LogP) is 4.99. The van der Waals surface area contributed by atoms with Gasteiger partial charge in [-0.25, -0.2) is 13.8 Å². The molecule has 9 heteroatoms. The number of pyridine rings is 1. The molecule has 0 aliphatic carbocycles. The maximum Gasteiger partial charge on any atom is 0.388 e. The fraction of sp³-hybridized carbons (Fsp3) is 0.350. The van der Waals surface area contributed by atoms with Crippen molar-refractivity contribution in [3.8, 4) is 5.88 Å². The summed E-state index contributed by atoms with van der Waals surface area (Å²) >= 11 is 0. The first kappa shape index (κ1) is 22.3. The Morgan fingerprint density at radius 1 is 1.34 bits per heavy atom. The van der Waals surface area contributed by atoms with Gasteiger partial charge in [-0.15, -0.1) is 0 Å². The molecule has 0 unspecified atom stereocenters. The van der Waals surface area contributed by atoms with Gasteiger partial charge in [0.2, 0.25) is 11.8 Å². The molecule has 1 aliphatic rings. The molecule has 0 atom stereocenters. The van der Waals surface area contributed by atoms with Gasteiger partial charge in [-0.1, -0.05) is 19.2 Å². The lowest BCUT2D eigenvalue weighted by Gasteiger charge is -2.23. The third-order valence-corrected chi connectivity index (χ3v) is 3.81. The number of nitrogens with zero attached hydrogens (tertiary/aromatic N) is 4. The third kappa shape index (κ3) is 7.89. The second-order valence-electron chi connectivity index (χ2n) is 6.49. The van der Waals surface area contributed by atoms with Crippen LogP contribution in [0.25, 0.3) is 0 Å². The summed E-state index contributed by atoms with van der Waals surface area (Å²) in [5, 5.41) is 6.05. The number of halogens is 4. The standard InChI is InChI=1S/C20H22F4N4O/c1-14(11-25-10-4-9-20(3,23)24)17-7-5-15(2)28(27-17)13-16-6-8-18(26-12-16)29-19(21)22/h5-8,11-12,19H,1-2,4,9-10,13H2,3H3. The first-order chi connectivity index (χ1) is 13.6. The number of hydrogen-bond donors (Lipinski definition) is 0. The van der Waals surface area contributed by atoms with Crippen LogP contribution in [-0.2, 0) is 6.54 Å². The largest absolute Gasteiger partial charge is 0.417 e. The first-order valence-corrected chi connectivity index (χ1v) is 8.84. The molecule has 2 rings (SSSR count). The van der Waals surface area contributed by atoms with E-state index in [0.717, 1.165) is 6.92 Å². The highest BCUT2D eigenvalue weighted by Crippen LogP contribution is 2.19. The van der Waals surface area contributed by atoms with Gasteiger partial charge in [-0.2, -0.15) is 13.9 Å². The van der Waals surface area contributed by atoms with Gasteiger partial charge >= 0.3 is 6.61 Å². The van der Waals surface area contributed by atoms with Crippen molar-refractivity contribution >= 4 is 11.9 Å². The zero-order chi connectivity index (χ0) is 21.4. The molecule has 0 saturated heterocycles. The molecule has 0 saturated carbocycles. The maximum atomic E-state index is 12.8. The maximum absolute atomic E-state index is 12.8. The van der Waals surface area contributed by atoms with E-state index in [1.807, 2.05) is 0 Å². The van der Waals surface area contributed by atoms with Crippen molar-refractivity contribution in [2.45, 2.75) is 38.8 Å². The summed E-state index contributed by atoms with van der Waals surface area (Å²) in [5.74, 6) is -2.86. The molecule has 1 aromatic rings. The van der Waals surface area contributed by atoms with Gasteiger partial charge in [0.1, 0.15) is 0 Å². The molecule has 0 aromatic carbocycles. The smallest absolute Gasteiger partial charge is 0.388 e. The fourth-order valence-corrected chi connectivity index (χ4v) is 2.36. The first-order valence-electron chi connectivity index (χ1n) is 8.84. The summed E-state index contributed by atoms with van der Waals surface area (Å²) in [5.41, 5.74) is 2.41. The quantitative estimate of drug-likeness (QED) is 0.310. The van der Waals surface area contributed by atoms with Crippen molar-refractivity contribution in [1.29, 1.82) is 0 Å². The summed E-state index contributed by atoms with van der Waals surface area (Å²) in [4.78, 5) is 7.93. The summed E-state index contributed by atoms with van der Waals surface area (Å²) < 4.78 is 54.2. The SMILES string of the molecule is C=C(C=NCCCC(C)(F)F)C1=NN(Cc2ccc(OC(F)F)nc2)C(=C)C=C1. The second kappa shape index (κ2) is 9.99. The lowest BCUT2D eigenvalue weighted by molar-refractivity contribution is -0.0528.